The van der Waals surface area contributed by atoms with Crippen molar-refractivity contribution in [2.24, 2.45) is 0 Å². The zero-order valence-electron chi connectivity index (χ0n) is 29.6. The van der Waals surface area contributed by atoms with Gasteiger partial charge in [-0.05, 0) is 96.5 Å². The molecule has 0 amide bonds. The summed E-state index contributed by atoms with van der Waals surface area (Å²) in [4.78, 5) is 4.84. The van der Waals surface area contributed by atoms with E-state index in [-0.39, 0.29) is 16.7 Å². The van der Waals surface area contributed by atoms with E-state index in [1.165, 1.54) is 27.8 Å². The van der Waals surface area contributed by atoms with Gasteiger partial charge in [-0.25, -0.2) is 0 Å². The molecule has 2 aliphatic rings. The van der Waals surface area contributed by atoms with E-state index < -0.39 is 0 Å². The molecule has 0 aliphatic carbocycles. The monoisotopic (exact) mass is 642 g/mol. The Morgan fingerprint density at radius 3 is 1.31 bits per heavy atom. The number of anilines is 6. The Morgan fingerprint density at radius 2 is 0.918 bits per heavy atom. The lowest BCUT2D eigenvalue weighted by atomic mass is 9.81. The Hall–Kier alpha value is -5.22. The molecule has 4 nitrogen and oxygen atoms in total. The van der Waals surface area contributed by atoms with Gasteiger partial charge in [0.05, 0.1) is 22.7 Å². The van der Waals surface area contributed by atoms with E-state index in [1.54, 1.807) is 0 Å². The van der Waals surface area contributed by atoms with Crippen LogP contribution in [0.5, 0.6) is 0 Å². The lowest BCUT2D eigenvalue weighted by molar-refractivity contribution is 0.479. The number of aryl methyl sites for hydroxylation is 2. The molecular weight excluding hydrogens is 601 g/mol. The topological polar surface area (TPSA) is 32.8 Å². The normalized spacial score (nSPS) is 14.4. The van der Waals surface area contributed by atoms with E-state index in [0.717, 1.165) is 67.6 Å². The predicted octanol–water partition coefficient (Wildman–Crippen LogP) is 13.1. The lowest BCUT2D eigenvalue weighted by Crippen LogP contribution is -2.28. The summed E-state index contributed by atoms with van der Waals surface area (Å²) in [5, 5.41) is 2.22. The third kappa shape index (κ3) is 4.43. The highest BCUT2D eigenvalue weighted by molar-refractivity contribution is 6.07. The Morgan fingerprint density at radius 1 is 0.510 bits per heavy atom. The van der Waals surface area contributed by atoms with Gasteiger partial charge in [-0.3, -0.25) is 0 Å². The minimum absolute atomic E-state index is 0.0567. The first-order valence-electron chi connectivity index (χ1n) is 17.4. The molecule has 0 N–H and O–H groups in total. The van der Waals surface area contributed by atoms with Crippen molar-refractivity contribution in [3.63, 3.8) is 0 Å². The molecule has 0 radical (unpaired) electrons. The zero-order chi connectivity index (χ0) is 34.0. The Kier molecular flexibility index (Phi) is 6.19. The van der Waals surface area contributed by atoms with Crippen molar-refractivity contribution in [3.8, 4) is 0 Å². The van der Waals surface area contributed by atoms with Crippen LogP contribution in [-0.4, -0.2) is 0 Å². The van der Waals surface area contributed by atoms with Gasteiger partial charge in [0, 0.05) is 27.7 Å². The first kappa shape index (κ1) is 29.9. The molecular formula is C45H42N2O2. The van der Waals surface area contributed by atoms with Crippen molar-refractivity contribution in [2.45, 2.75) is 72.1 Å². The second kappa shape index (κ2) is 10.1. The molecule has 4 heteroatoms. The molecule has 7 aromatic rings. The number of hydrogen-bond acceptors (Lipinski definition) is 4. The van der Waals surface area contributed by atoms with Crippen LogP contribution in [0, 0.1) is 13.8 Å². The molecule has 0 fully saturated rings. The standard InChI is InChI=1S/C45H42N2O2/c1-26-12-22-36-32(24-26)40-42(48-36)39-38-34(46(40)30-18-14-28(15-19-30)44(3,4)5)10-9-11-35(38)47(31-20-16-29(17-21-31)45(6,7)8)41-33-25-27(2)13-23-37(33)49-43(39)41/h9-25,39H,1-8H3. The smallest absolute Gasteiger partial charge is 0.144 e. The van der Waals surface area contributed by atoms with E-state index in [4.69, 9.17) is 8.83 Å². The fourth-order valence-corrected chi connectivity index (χ4v) is 7.89. The first-order chi connectivity index (χ1) is 23.4. The molecule has 49 heavy (non-hydrogen) atoms. The molecule has 0 unspecified atom stereocenters. The summed E-state index contributed by atoms with van der Waals surface area (Å²) in [6, 6.07) is 37.9. The summed E-state index contributed by atoms with van der Waals surface area (Å²) in [6.07, 6.45) is 0. The number of nitrogens with zero attached hydrogens (tertiary/aromatic N) is 2. The summed E-state index contributed by atoms with van der Waals surface area (Å²) >= 11 is 0. The third-order valence-electron chi connectivity index (χ3n) is 10.5. The second-order valence-corrected chi connectivity index (χ2v) is 16.0. The molecule has 2 aromatic heterocycles. The Balaban J connectivity index is 1.37. The van der Waals surface area contributed by atoms with Crippen LogP contribution in [0.15, 0.2) is 112 Å². The van der Waals surface area contributed by atoms with Crippen LogP contribution in [-0.2, 0) is 10.8 Å². The highest BCUT2D eigenvalue weighted by atomic mass is 16.4. The maximum absolute atomic E-state index is 6.98. The van der Waals surface area contributed by atoms with Crippen molar-refractivity contribution in [1.82, 2.24) is 0 Å². The largest absolute Gasteiger partial charge is 0.458 e. The summed E-state index contributed by atoms with van der Waals surface area (Å²) in [5.41, 5.74) is 14.8. The summed E-state index contributed by atoms with van der Waals surface area (Å²) < 4.78 is 14.0. The molecule has 2 aliphatic heterocycles. The molecule has 0 spiro atoms. The van der Waals surface area contributed by atoms with Crippen LogP contribution >= 0.6 is 0 Å². The van der Waals surface area contributed by atoms with E-state index in [1.807, 2.05) is 0 Å². The van der Waals surface area contributed by atoms with Gasteiger partial charge in [-0.1, -0.05) is 95.1 Å². The van der Waals surface area contributed by atoms with E-state index >= 15 is 0 Å². The van der Waals surface area contributed by atoms with Crippen LogP contribution in [0.4, 0.5) is 34.1 Å². The van der Waals surface area contributed by atoms with Gasteiger partial charge in [0.2, 0.25) is 0 Å². The minimum Gasteiger partial charge on any atom is -0.458 e. The number of fused-ring (bicyclic) bond motifs is 8. The van der Waals surface area contributed by atoms with Crippen LogP contribution in [0.2, 0.25) is 0 Å². The zero-order valence-corrected chi connectivity index (χ0v) is 29.6. The summed E-state index contributed by atoms with van der Waals surface area (Å²) in [7, 11) is 0. The number of furan rings is 2. The maximum Gasteiger partial charge on any atom is 0.144 e. The van der Waals surface area contributed by atoms with E-state index in [0.29, 0.717) is 0 Å². The highest BCUT2D eigenvalue weighted by Crippen LogP contribution is 2.63. The van der Waals surface area contributed by atoms with Crippen molar-refractivity contribution < 1.29 is 8.83 Å². The Labute approximate surface area is 288 Å². The maximum atomic E-state index is 6.98. The van der Waals surface area contributed by atoms with Crippen LogP contribution in [0.1, 0.15) is 86.8 Å². The lowest BCUT2D eigenvalue weighted by Gasteiger charge is -2.41. The Bertz CT molecular complexity index is 2260. The molecule has 0 saturated heterocycles. The SMILES string of the molecule is Cc1ccc2oc3c(c2c1)N(c1ccc(C(C)(C)C)cc1)c1cccc2c1C3c1oc3ccc(C)cc3c1N2c1ccc(C(C)(C)C)cc1. The molecule has 9 rings (SSSR count). The van der Waals surface area contributed by atoms with Crippen LogP contribution in [0.25, 0.3) is 21.9 Å². The van der Waals surface area contributed by atoms with Crippen molar-refractivity contribution in [1.29, 1.82) is 0 Å². The molecule has 5 aromatic carbocycles. The van der Waals surface area contributed by atoms with E-state index in [9.17, 15) is 0 Å². The number of benzene rings is 5. The van der Waals surface area contributed by atoms with Crippen molar-refractivity contribution >= 4 is 56.1 Å². The molecule has 0 atom stereocenters. The second-order valence-electron chi connectivity index (χ2n) is 16.0. The first-order valence-corrected chi connectivity index (χ1v) is 17.4. The molecule has 0 saturated carbocycles. The van der Waals surface area contributed by atoms with Gasteiger partial charge in [-0.2, -0.15) is 0 Å². The fourth-order valence-electron chi connectivity index (χ4n) is 7.89. The van der Waals surface area contributed by atoms with Crippen LogP contribution in [0.3, 0.4) is 0 Å². The molecule has 4 heterocycles. The summed E-state index contributed by atoms with van der Waals surface area (Å²) in [5.74, 6) is 1.62. The van der Waals surface area contributed by atoms with E-state index in [2.05, 4.69) is 168 Å². The molecule has 244 valence electrons. The van der Waals surface area contributed by atoms with Gasteiger partial charge < -0.3 is 18.6 Å². The van der Waals surface area contributed by atoms with Gasteiger partial charge >= 0.3 is 0 Å². The summed E-state index contributed by atoms with van der Waals surface area (Å²) in [6.45, 7) is 17.9. The highest BCUT2D eigenvalue weighted by Gasteiger charge is 2.46. The minimum atomic E-state index is -0.216. The van der Waals surface area contributed by atoms with Gasteiger partial charge in [0.1, 0.15) is 28.6 Å². The average Bonchev–Trinajstić information content (AvgIpc) is 3.62. The number of rotatable bonds is 2. The fraction of sp³-hybridized carbons (Fsp3) is 0.244. The molecule has 0 bridgehead atoms. The predicted molar refractivity (Wildman–Crippen MR) is 203 cm³/mol. The van der Waals surface area contributed by atoms with Gasteiger partial charge in [0.25, 0.3) is 0 Å². The van der Waals surface area contributed by atoms with Gasteiger partial charge in [0.15, 0.2) is 0 Å². The van der Waals surface area contributed by atoms with Crippen LogP contribution < -0.4 is 9.80 Å². The average molecular weight is 643 g/mol. The van der Waals surface area contributed by atoms with Crippen molar-refractivity contribution in [3.05, 3.63) is 142 Å². The van der Waals surface area contributed by atoms with Crippen molar-refractivity contribution in [2.75, 3.05) is 9.80 Å². The third-order valence-corrected chi connectivity index (χ3v) is 10.5. The quantitative estimate of drug-likeness (QED) is 0.188. The number of hydrogen-bond donors (Lipinski definition) is 0. The van der Waals surface area contributed by atoms with Gasteiger partial charge in [-0.15, -0.1) is 0 Å².